The van der Waals surface area contributed by atoms with Gasteiger partial charge in [-0.05, 0) is 35.3 Å². The van der Waals surface area contributed by atoms with Crippen molar-refractivity contribution in [3.05, 3.63) is 121 Å². The molecule has 0 N–H and O–H groups in total. The van der Waals surface area contributed by atoms with Crippen LogP contribution in [0.15, 0.2) is 126 Å². The van der Waals surface area contributed by atoms with Gasteiger partial charge in [0, 0.05) is 33.8 Å². The van der Waals surface area contributed by atoms with Gasteiger partial charge in [-0.25, -0.2) is 0 Å². The van der Waals surface area contributed by atoms with Crippen molar-refractivity contribution in [2.75, 3.05) is 4.81 Å². The van der Waals surface area contributed by atoms with Crippen molar-refractivity contribution in [2.24, 2.45) is 0 Å². The molecule has 5 aromatic carbocycles. The molecule has 0 radical (unpaired) electrons. The van der Waals surface area contributed by atoms with Gasteiger partial charge in [-0.3, -0.25) is 0 Å². The van der Waals surface area contributed by atoms with Gasteiger partial charge in [-0.1, -0.05) is 96.5 Å². The monoisotopic (exact) mass is 421 g/mol. The number of anilines is 2. The SMILES string of the molecule is c1ccc(B2c3ccccc3-c3cc4c(cc3N2c2ccccc2)oc2ccccc24)cc1. The number of furan rings is 1. The molecule has 0 atom stereocenters. The molecule has 0 amide bonds. The quantitative estimate of drug-likeness (QED) is 0.297. The lowest BCUT2D eigenvalue weighted by atomic mass is 9.46. The first-order valence-electron chi connectivity index (χ1n) is 11.3. The van der Waals surface area contributed by atoms with Crippen LogP contribution >= 0.6 is 0 Å². The topological polar surface area (TPSA) is 16.4 Å². The third kappa shape index (κ3) is 2.76. The van der Waals surface area contributed by atoms with E-state index >= 15 is 0 Å². The van der Waals surface area contributed by atoms with E-state index in [2.05, 4.69) is 114 Å². The molecule has 0 unspecified atom stereocenters. The summed E-state index contributed by atoms with van der Waals surface area (Å²) in [5.41, 5.74) is 9.27. The zero-order valence-corrected chi connectivity index (χ0v) is 18.0. The molecule has 0 saturated heterocycles. The maximum Gasteiger partial charge on any atom is 0.328 e. The second kappa shape index (κ2) is 7.14. The van der Waals surface area contributed by atoms with Crippen LogP contribution < -0.4 is 15.7 Å². The number of hydrogen-bond acceptors (Lipinski definition) is 2. The summed E-state index contributed by atoms with van der Waals surface area (Å²) in [6, 6.07) is 43.1. The molecule has 2 nitrogen and oxygen atoms in total. The first-order valence-corrected chi connectivity index (χ1v) is 11.3. The Hall–Kier alpha value is -4.24. The van der Waals surface area contributed by atoms with Crippen LogP contribution in [0.4, 0.5) is 11.4 Å². The Labute approximate surface area is 192 Å². The Morgan fingerprint density at radius 3 is 2.09 bits per heavy atom. The predicted molar refractivity (Wildman–Crippen MR) is 139 cm³/mol. The number of rotatable bonds is 2. The average Bonchev–Trinajstić information content (AvgIpc) is 3.25. The fourth-order valence-electron chi connectivity index (χ4n) is 5.28. The standard InChI is InChI=1S/C30H20BNO/c1-3-11-21(12-4-1)31-27-17-9-7-15-23(27)25-19-26-24-16-8-10-18-29(24)33-30(26)20-28(25)32(31)22-13-5-2-6-14-22/h1-20H. The van der Waals surface area contributed by atoms with E-state index in [1.807, 2.05) is 12.1 Å². The molecule has 2 heterocycles. The van der Waals surface area contributed by atoms with E-state index < -0.39 is 0 Å². The minimum absolute atomic E-state index is 0.0686. The minimum atomic E-state index is 0.0686. The predicted octanol–water partition coefficient (Wildman–Crippen LogP) is 6.51. The smallest absolute Gasteiger partial charge is 0.328 e. The van der Waals surface area contributed by atoms with E-state index in [1.165, 1.54) is 27.7 Å². The summed E-state index contributed by atoms with van der Waals surface area (Å²) >= 11 is 0. The number of benzene rings is 5. The van der Waals surface area contributed by atoms with Gasteiger partial charge < -0.3 is 9.23 Å². The van der Waals surface area contributed by atoms with Gasteiger partial charge in [-0.15, -0.1) is 0 Å². The van der Waals surface area contributed by atoms with Gasteiger partial charge >= 0.3 is 6.85 Å². The maximum atomic E-state index is 6.30. The first-order chi connectivity index (χ1) is 16.4. The molecule has 0 saturated carbocycles. The van der Waals surface area contributed by atoms with Crippen LogP contribution in [0.2, 0.25) is 0 Å². The fraction of sp³-hybridized carbons (Fsp3) is 0. The summed E-state index contributed by atoms with van der Waals surface area (Å²) in [6.07, 6.45) is 0. The third-order valence-electron chi connectivity index (χ3n) is 6.71. The van der Waals surface area contributed by atoms with Crippen LogP contribution in [-0.2, 0) is 0 Å². The summed E-state index contributed by atoms with van der Waals surface area (Å²) in [5, 5.41) is 2.31. The van der Waals surface area contributed by atoms with E-state index in [1.54, 1.807) is 0 Å². The number of hydrogen-bond donors (Lipinski definition) is 0. The van der Waals surface area contributed by atoms with Crippen LogP contribution in [0.5, 0.6) is 0 Å². The molecule has 0 aliphatic carbocycles. The Morgan fingerprint density at radius 1 is 0.545 bits per heavy atom. The molecule has 3 heteroatoms. The molecular weight excluding hydrogens is 401 g/mol. The van der Waals surface area contributed by atoms with E-state index in [0.29, 0.717) is 0 Å². The summed E-state index contributed by atoms with van der Waals surface area (Å²) in [7, 11) is 0. The number of nitrogens with zero attached hydrogens (tertiary/aromatic N) is 1. The molecule has 1 aliphatic rings. The molecule has 0 bridgehead atoms. The van der Waals surface area contributed by atoms with Gasteiger partial charge in [0.2, 0.25) is 0 Å². The van der Waals surface area contributed by atoms with Gasteiger partial charge in [0.25, 0.3) is 0 Å². The summed E-state index contributed by atoms with van der Waals surface area (Å²) in [5.74, 6) is 0. The van der Waals surface area contributed by atoms with Crippen molar-refractivity contribution in [1.29, 1.82) is 0 Å². The molecular formula is C30H20BNO. The largest absolute Gasteiger partial charge is 0.456 e. The van der Waals surface area contributed by atoms with Crippen molar-refractivity contribution in [2.45, 2.75) is 0 Å². The normalized spacial score (nSPS) is 12.7. The van der Waals surface area contributed by atoms with Gasteiger partial charge in [-0.2, -0.15) is 0 Å². The van der Waals surface area contributed by atoms with Crippen molar-refractivity contribution < 1.29 is 4.42 Å². The highest BCUT2D eigenvalue weighted by Gasteiger charge is 2.37. The molecule has 6 aromatic rings. The molecule has 1 aliphatic heterocycles. The van der Waals surface area contributed by atoms with Crippen LogP contribution in [-0.4, -0.2) is 6.85 Å². The van der Waals surface area contributed by atoms with Gasteiger partial charge in [0.1, 0.15) is 11.2 Å². The van der Waals surface area contributed by atoms with Gasteiger partial charge in [0.05, 0.1) is 0 Å². The Balaban J connectivity index is 1.60. The fourth-order valence-corrected chi connectivity index (χ4v) is 5.28. The van der Waals surface area contributed by atoms with Crippen LogP contribution in [0, 0.1) is 0 Å². The highest BCUT2D eigenvalue weighted by Crippen LogP contribution is 2.43. The lowest BCUT2D eigenvalue weighted by Gasteiger charge is -2.38. The molecule has 33 heavy (non-hydrogen) atoms. The number of fused-ring (bicyclic) bond motifs is 6. The van der Waals surface area contributed by atoms with E-state index in [4.69, 9.17) is 4.42 Å². The average molecular weight is 421 g/mol. The Bertz CT molecular complexity index is 1620. The van der Waals surface area contributed by atoms with Crippen molar-refractivity contribution in [1.82, 2.24) is 0 Å². The molecule has 1 aromatic heterocycles. The first kappa shape index (κ1) is 18.3. The lowest BCUT2D eigenvalue weighted by molar-refractivity contribution is 0.669. The van der Waals surface area contributed by atoms with Crippen molar-refractivity contribution in [3.8, 4) is 11.1 Å². The summed E-state index contributed by atoms with van der Waals surface area (Å²) in [4.78, 5) is 2.46. The van der Waals surface area contributed by atoms with Crippen LogP contribution in [0.25, 0.3) is 33.1 Å². The number of para-hydroxylation sites is 2. The maximum absolute atomic E-state index is 6.30. The van der Waals surface area contributed by atoms with Gasteiger partial charge in [0.15, 0.2) is 0 Å². The Morgan fingerprint density at radius 2 is 1.24 bits per heavy atom. The van der Waals surface area contributed by atoms with Crippen molar-refractivity contribution >= 4 is 51.1 Å². The Kier molecular flexibility index (Phi) is 3.97. The zero-order chi connectivity index (χ0) is 21.8. The second-order valence-corrected chi connectivity index (χ2v) is 8.57. The zero-order valence-electron chi connectivity index (χ0n) is 18.0. The lowest BCUT2D eigenvalue weighted by Crippen LogP contribution is -2.57. The minimum Gasteiger partial charge on any atom is -0.456 e. The molecule has 154 valence electrons. The van der Waals surface area contributed by atoms with E-state index in [-0.39, 0.29) is 6.85 Å². The molecule has 0 spiro atoms. The van der Waals surface area contributed by atoms with Crippen molar-refractivity contribution in [3.63, 3.8) is 0 Å². The van der Waals surface area contributed by atoms with E-state index in [0.717, 1.165) is 27.6 Å². The summed E-state index contributed by atoms with van der Waals surface area (Å²) in [6.45, 7) is 0.0686. The molecule has 0 fully saturated rings. The third-order valence-corrected chi connectivity index (χ3v) is 6.71. The van der Waals surface area contributed by atoms with E-state index in [9.17, 15) is 0 Å². The highest BCUT2D eigenvalue weighted by atomic mass is 16.3. The van der Waals surface area contributed by atoms with Crippen LogP contribution in [0.1, 0.15) is 0 Å². The molecule has 7 rings (SSSR count). The highest BCUT2D eigenvalue weighted by molar-refractivity contribution is 6.90. The second-order valence-electron chi connectivity index (χ2n) is 8.57. The van der Waals surface area contributed by atoms with Crippen LogP contribution in [0.3, 0.4) is 0 Å². The summed E-state index contributed by atoms with van der Waals surface area (Å²) < 4.78 is 6.30.